The van der Waals surface area contributed by atoms with Crippen LogP contribution >= 0.6 is 0 Å². The van der Waals surface area contributed by atoms with Crippen molar-refractivity contribution in [1.29, 1.82) is 0 Å². The second-order valence-electron chi connectivity index (χ2n) is 6.16. The first-order valence-corrected chi connectivity index (χ1v) is 8.10. The molecule has 2 aromatic rings. The Balaban J connectivity index is 1.74. The maximum Gasteiger partial charge on any atom is 0.309 e. The fourth-order valence-corrected chi connectivity index (χ4v) is 3.21. The number of aliphatic carboxylic acids is 1. The molecule has 2 aromatic heterocycles. The molecule has 1 aliphatic rings. The van der Waals surface area contributed by atoms with E-state index in [9.17, 15) is 9.59 Å². The molecule has 23 heavy (non-hydrogen) atoms. The second kappa shape index (κ2) is 6.81. The van der Waals surface area contributed by atoms with Crippen molar-refractivity contribution in [2.75, 3.05) is 6.54 Å². The number of carboxylic acids is 1. The molecule has 2 heterocycles. The van der Waals surface area contributed by atoms with Gasteiger partial charge in [0.2, 0.25) is 0 Å². The monoisotopic (exact) mass is 315 g/mol. The Kier molecular flexibility index (Phi) is 4.60. The van der Waals surface area contributed by atoms with Crippen LogP contribution in [0.25, 0.3) is 5.65 Å². The van der Waals surface area contributed by atoms with E-state index in [1.54, 1.807) is 28.8 Å². The molecule has 3 rings (SSSR count). The molecule has 1 amide bonds. The molecule has 0 unspecified atom stereocenters. The van der Waals surface area contributed by atoms with Crippen molar-refractivity contribution in [2.24, 2.45) is 5.92 Å². The van der Waals surface area contributed by atoms with Gasteiger partial charge in [0.15, 0.2) is 0 Å². The number of carbonyl (C=O) groups is 2. The van der Waals surface area contributed by atoms with Crippen molar-refractivity contribution in [3.05, 3.63) is 35.8 Å². The number of carboxylic acid groups (broad SMARTS) is 1. The van der Waals surface area contributed by atoms with Gasteiger partial charge in [0.05, 0.1) is 12.1 Å². The lowest BCUT2D eigenvalue weighted by Crippen LogP contribution is -2.31. The van der Waals surface area contributed by atoms with Crippen molar-refractivity contribution < 1.29 is 14.7 Å². The zero-order chi connectivity index (χ0) is 16.2. The predicted molar refractivity (Wildman–Crippen MR) is 85.4 cm³/mol. The number of carbonyl (C=O) groups excluding carboxylic acids is 1. The van der Waals surface area contributed by atoms with Crippen molar-refractivity contribution in [3.63, 3.8) is 0 Å². The van der Waals surface area contributed by atoms with Crippen molar-refractivity contribution in [2.45, 2.75) is 38.5 Å². The van der Waals surface area contributed by atoms with Crippen LogP contribution in [0.4, 0.5) is 0 Å². The quantitative estimate of drug-likeness (QED) is 0.886. The van der Waals surface area contributed by atoms with E-state index in [2.05, 4.69) is 10.3 Å². The normalized spacial score (nSPS) is 15.7. The van der Waals surface area contributed by atoms with Crippen molar-refractivity contribution in [1.82, 2.24) is 14.7 Å². The van der Waals surface area contributed by atoms with E-state index in [4.69, 9.17) is 5.11 Å². The number of hydrogen-bond donors (Lipinski definition) is 2. The highest BCUT2D eigenvalue weighted by Gasteiger charge is 2.17. The standard InChI is InChI=1S/C17H21N3O3/c21-16(22)9-13-11-20-14(7-4-8-15(20)19-13)17(23)18-10-12-5-2-1-3-6-12/h4,7-8,11-12H,1-3,5-6,9-10H2,(H,18,23)(H,21,22). The average Bonchev–Trinajstić information content (AvgIpc) is 2.94. The van der Waals surface area contributed by atoms with Gasteiger partial charge in [-0.3, -0.25) is 14.0 Å². The molecule has 0 atom stereocenters. The van der Waals surface area contributed by atoms with Crippen LogP contribution in [0.3, 0.4) is 0 Å². The number of nitrogens with one attached hydrogen (secondary N) is 1. The first kappa shape index (κ1) is 15.5. The lowest BCUT2D eigenvalue weighted by Gasteiger charge is -2.21. The van der Waals surface area contributed by atoms with Crippen LogP contribution in [0.1, 0.15) is 48.3 Å². The Bertz CT molecular complexity index is 717. The number of hydrogen-bond acceptors (Lipinski definition) is 3. The Hall–Kier alpha value is -2.37. The fourth-order valence-electron chi connectivity index (χ4n) is 3.21. The highest BCUT2D eigenvalue weighted by atomic mass is 16.4. The van der Waals surface area contributed by atoms with Crippen LogP contribution in [-0.2, 0) is 11.2 Å². The topological polar surface area (TPSA) is 83.7 Å². The molecule has 0 spiro atoms. The minimum atomic E-state index is -0.934. The third-order valence-electron chi connectivity index (χ3n) is 4.38. The molecule has 0 bridgehead atoms. The summed E-state index contributed by atoms with van der Waals surface area (Å²) in [5.41, 5.74) is 1.53. The SMILES string of the molecule is O=C(O)Cc1cn2c(C(=O)NCC3CCCCC3)cccc2n1. The molecule has 1 saturated carbocycles. The highest BCUT2D eigenvalue weighted by Crippen LogP contribution is 2.22. The van der Waals surface area contributed by atoms with E-state index in [-0.39, 0.29) is 12.3 Å². The molecule has 0 aliphatic heterocycles. The van der Waals surface area contributed by atoms with Gasteiger partial charge < -0.3 is 10.4 Å². The van der Waals surface area contributed by atoms with E-state index < -0.39 is 5.97 Å². The second-order valence-corrected chi connectivity index (χ2v) is 6.16. The molecule has 0 saturated heterocycles. The molecule has 1 aliphatic carbocycles. The van der Waals surface area contributed by atoms with Crippen molar-refractivity contribution in [3.8, 4) is 0 Å². The van der Waals surface area contributed by atoms with Gasteiger partial charge in [-0.15, -0.1) is 0 Å². The number of amides is 1. The van der Waals surface area contributed by atoms with Gasteiger partial charge in [-0.1, -0.05) is 25.3 Å². The number of rotatable bonds is 5. The van der Waals surface area contributed by atoms with Crippen LogP contribution in [0, 0.1) is 5.92 Å². The summed E-state index contributed by atoms with van der Waals surface area (Å²) < 4.78 is 1.66. The van der Waals surface area contributed by atoms with E-state index in [0.29, 0.717) is 29.5 Å². The number of imidazole rings is 1. The van der Waals surface area contributed by atoms with Gasteiger partial charge >= 0.3 is 5.97 Å². The molecule has 6 heteroatoms. The van der Waals surface area contributed by atoms with Gasteiger partial charge in [0.25, 0.3) is 5.91 Å². The molecule has 0 aromatic carbocycles. The predicted octanol–water partition coefficient (Wildman–Crippen LogP) is 2.27. The molecule has 0 radical (unpaired) electrons. The van der Waals surface area contributed by atoms with Gasteiger partial charge in [-0.25, -0.2) is 4.98 Å². The number of aromatic nitrogens is 2. The largest absolute Gasteiger partial charge is 0.481 e. The first-order chi connectivity index (χ1) is 11.1. The van der Waals surface area contributed by atoms with E-state index in [0.717, 1.165) is 0 Å². The number of pyridine rings is 1. The number of fused-ring (bicyclic) bond motifs is 1. The first-order valence-electron chi connectivity index (χ1n) is 8.10. The summed E-state index contributed by atoms with van der Waals surface area (Å²) in [4.78, 5) is 27.5. The smallest absolute Gasteiger partial charge is 0.309 e. The van der Waals surface area contributed by atoms with E-state index in [1.807, 2.05) is 0 Å². The van der Waals surface area contributed by atoms with Crippen LogP contribution in [0.15, 0.2) is 24.4 Å². The Morgan fingerprint density at radius 3 is 2.78 bits per heavy atom. The summed E-state index contributed by atoms with van der Waals surface area (Å²) in [5.74, 6) is -0.505. The Morgan fingerprint density at radius 1 is 1.26 bits per heavy atom. The Labute approximate surface area is 134 Å². The van der Waals surface area contributed by atoms with Crippen LogP contribution in [-0.4, -0.2) is 32.9 Å². The molecular weight excluding hydrogens is 294 g/mol. The minimum Gasteiger partial charge on any atom is -0.481 e. The van der Waals surface area contributed by atoms with E-state index in [1.165, 1.54) is 32.1 Å². The molecule has 1 fully saturated rings. The molecule has 2 N–H and O–H groups in total. The third-order valence-corrected chi connectivity index (χ3v) is 4.38. The van der Waals surface area contributed by atoms with Gasteiger partial charge in [-0.2, -0.15) is 0 Å². The van der Waals surface area contributed by atoms with Crippen molar-refractivity contribution >= 4 is 17.5 Å². The van der Waals surface area contributed by atoms with Gasteiger partial charge in [-0.05, 0) is 30.9 Å². The van der Waals surface area contributed by atoms with Crippen LogP contribution in [0.5, 0.6) is 0 Å². The van der Waals surface area contributed by atoms with Gasteiger partial charge in [0, 0.05) is 12.7 Å². The van der Waals surface area contributed by atoms with Crippen LogP contribution < -0.4 is 5.32 Å². The summed E-state index contributed by atoms with van der Waals surface area (Å²) in [6, 6.07) is 5.26. The number of nitrogens with zero attached hydrogens (tertiary/aromatic N) is 2. The highest BCUT2D eigenvalue weighted by molar-refractivity contribution is 5.93. The summed E-state index contributed by atoms with van der Waals surface area (Å²) in [6.45, 7) is 0.700. The lowest BCUT2D eigenvalue weighted by molar-refractivity contribution is -0.136. The molecule has 6 nitrogen and oxygen atoms in total. The summed E-state index contributed by atoms with van der Waals surface area (Å²) >= 11 is 0. The average molecular weight is 315 g/mol. The third kappa shape index (κ3) is 3.70. The summed E-state index contributed by atoms with van der Waals surface area (Å²) in [7, 11) is 0. The summed E-state index contributed by atoms with van der Waals surface area (Å²) in [6.07, 6.45) is 7.62. The van der Waals surface area contributed by atoms with Gasteiger partial charge in [0.1, 0.15) is 11.3 Å². The molecule has 122 valence electrons. The zero-order valence-electron chi connectivity index (χ0n) is 13.0. The Morgan fingerprint density at radius 2 is 2.04 bits per heavy atom. The fraction of sp³-hybridized carbons (Fsp3) is 0.471. The maximum atomic E-state index is 12.5. The molecular formula is C17H21N3O3. The maximum absolute atomic E-state index is 12.5. The van der Waals surface area contributed by atoms with E-state index >= 15 is 0 Å². The summed E-state index contributed by atoms with van der Waals surface area (Å²) in [5, 5.41) is 11.9. The minimum absolute atomic E-state index is 0.138. The van der Waals surface area contributed by atoms with Crippen LogP contribution in [0.2, 0.25) is 0 Å². The zero-order valence-corrected chi connectivity index (χ0v) is 13.0. The lowest BCUT2D eigenvalue weighted by atomic mass is 9.89.